The van der Waals surface area contributed by atoms with E-state index < -0.39 is 5.97 Å². The maximum Gasteiger partial charge on any atom is 0.335 e. The molecule has 3 aliphatic rings. The molecule has 39 heavy (non-hydrogen) atoms. The molecule has 0 bridgehead atoms. The molecule has 2 aromatic carbocycles. The molecular formula is C34H45N3O2. The lowest BCUT2D eigenvalue weighted by atomic mass is 9.81. The molecule has 0 unspecified atom stereocenters. The van der Waals surface area contributed by atoms with E-state index in [4.69, 9.17) is 0 Å². The van der Waals surface area contributed by atoms with Gasteiger partial charge in [0, 0.05) is 48.3 Å². The summed E-state index contributed by atoms with van der Waals surface area (Å²) < 4.78 is 2.48. The second-order valence-corrected chi connectivity index (χ2v) is 12.5. The molecule has 1 saturated heterocycles. The molecule has 1 saturated carbocycles. The number of likely N-dealkylation sites (tertiary alicyclic amines) is 1. The fourth-order valence-electron chi connectivity index (χ4n) is 7.40. The maximum atomic E-state index is 12.0. The zero-order valence-corrected chi connectivity index (χ0v) is 23.9. The standard InChI is InChI=1S/C34H45N3O2/c1-24(2)26-12-15-29-30(22-26)36(19-18-35-16-8-3-4-9-17-35)20-21-37-31-23-27(34(38)39)13-14-28(31)32(33(29)37)25-10-6-5-7-11-25/h12-15,22-25H,3-11,16-21H2,1-2H3,(H,38,39). The largest absolute Gasteiger partial charge is 0.478 e. The summed E-state index contributed by atoms with van der Waals surface area (Å²) >= 11 is 0. The van der Waals surface area contributed by atoms with Gasteiger partial charge in [-0.15, -0.1) is 0 Å². The quantitative estimate of drug-likeness (QED) is 0.354. The van der Waals surface area contributed by atoms with Crippen molar-refractivity contribution in [3.63, 3.8) is 0 Å². The zero-order valence-electron chi connectivity index (χ0n) is 23.9. The van der Waals surface area contributed by atoms with Crippen molar-refractivity contribution in [1.29, 1.82) is 0 Å². The molecule has 5 nitrogen and oxygen atoms in total. The first-order valence-electron chi connectivity index (χ1n) is 15.5. The number of carbonyl (C=O) groups is 1. The topological polar surface area (TPSA) is 48.7 Å². The van der Waals surface area contributed by atoms with Crippen LogP contribution in [-0.4, -0.2) is 53.3 Å². The highest BCUT2D eigenvalue weighted by molar-refractivity contribution is 5.99. The van der Waals surface area contributed by atoms with E-state index in [1.807, 2.05) is 12.1 Å². The van der Waals surface area contributed by atoms with Crippen LogP contribution in [0.2, 0.25) is 0 Å². The highest BCUT2D eigenvalue weighted by Gasteiger charge is 2.31. The smallest absolute Gasteiger partial charge is 0.335 e. The molecular weight excluding hydrogens is 482 g/mol. The van der Waals surface area contributed by atoms with Gasteiger partial charge in [-0.2, -0.15) is 0 Å². The van der Waals surface area contributed by atoms with Gasteiger partial charge in [0.05, 0.1) is 11.3 Å². The fraction of sp³-hybridized carbons (Fsp3) is 0.559. The van der Waals surface area contributed by atoms with Crippen LogP contribution in [0.15, 0.2) is 36.4 Å². The van der Waals surface area contributed by atoms with Crippen molar-refractivity contribution in [2.45, 2.75) is 90.0 Å². The predicted molar refractivity (Wildman–Crippen MR) is 161 cm³/mol. The summed E-state index contributed by atoms with van der Waals surface area (Å²) in [5.74, 6) is 0.170. The van der Waals surface area contributed by atoms with Crippen LogP contribution in [0.1, 0.15) is 105 Å². The third kappa shape index (κ3) is 5.23. The lowest BCUT2D eigenvalue weighted by Gasteiger charge is -2.29. The third-order valence-corrected chi connectivity index (χ3v) is 9.63. The highest BCUT2D eigenvalue weighted by atomic mass is 16.4. The molecule has 2 fully saturated rings. The van der Waals surface area contributed by atoms with Crippen molar-refractivity contribution in [2.75, 3.05) is 37.6 Å². The van der Waals surface area contributed by atoms with Gasteiger partial charge in [0.15, 0.2) is 0 Å². The molecule has 0 radical (unpaired) electrons. The van der Waals surface area contributed by atoms with Gasteiger partial charge >= 0.3 is 5.97 Å². The van der Waals surface area contributed by atoms with E-state index in [2.05, 4.69) is 52.5 Å². The van der Waals surface area contributed by atoms with E-state index in [9.17, 15) is 9.90 Å². The maximum absolute atomic E-state index is 12.0. The van der Waals surface area contributed by atoms with E-state index in [1.54, 1.807) is 0 Å². The zero-order chi connectivity index (χ0) is 26.9. The van der Waals surface area contributed by atoms with Crippen molar-refractivity contribution >= 4 is 22.6 Å². The van der Waals surface area contributed by atoms with Crippen LogP contribution in [0.4, 0.5) is 5.69 Å². The molecule has 208 valence electrons. The molecule has 1 aliphatic carbocycles. The molecule has 1 N–H and O–H groups in total. The number of nitrogens with zero attached hydrogens (tertiary/aromatic N) is 3. The summed E-state index contributed by atoms with van der Waals surface area (Å²) in [4.78, 5) is 17.3. The van der Waals surface area contributed by atoms with E-state index in [0.29, 0.717) is 17.4 Å². The second kappa shape index (κ2) is 11.4. The first kappa shape index (κ1) is 26.4. The highest BCUT2D eigenvalue weighted by Crippen LogP contribution is 2.48. The van der Waals surface area contributed by atoms with E-state index >= 15 is 0 Å². The minimum atomic E-state index is -0.846. The van der Waals surface area contributed by atoms with Crippen molar-refractivity contribution < 1.29 is 9.90 Å². The molecule has 0 spiro atoms. The monoisotopic (exact) mass is 527 g/mol. The average Bonchev–Trinajstić information content (AvgIpc) is 3.09. The summed E-state index contributed by atoms with van der Waals surface area (Å²) in [6.45, 7) is 11.0. The first-order chi connectivity index (χ1) is 19.0. The molecule has 0 atom stereocenters. The number of aromatic nitrogens is 1. The molecule has 6 rings (SSSR count). The Kier molecular flexibility index (Phi) is 7.70. The number of carboxylic acids is 1. The Morgan fingerprint density at radius 2 is 1.62 bits per heavy atom. The van der Waals surface area contributed by atoms with Crippen LogP contribution < -0.4 is 4.90 Å². The van der Waals surface area contributed by atoms with Crippen LogP contribution in [0, 0.1) is 0 Å². The predicted octanol–water partition coefficient (Wildman–Crippen LogP) is 7.87. The number of hydrogen-bond donors (Lipinski definition) is 1. The Labute approximate surface area is 233 Å². The molecule has 5 heteroatoms. The number of carboxylic acid groups (broad SMARTS) is 1. The van der Waals surface area contributed by atoms with Gasteiger partial charge in [-0.3, -0.25) is 0 Å². The lowest BCUT2D eigenvalue weighted by Crippen LogP contribution is -2.37. The number of benzene rings is 2. The number of fused-ring (bicyclic) bond motifs is 5. The minimum Gasteiger partial charge on any atom is -0.478 e. The molecule has 3 aromatic rings. The van der Waals surface area contributed by atoms with Crippen LogP contribution in [0.25, 0.3) is 22.2 Å². The number of anilines is 1. The van der Waals surface area contributed by atoms with Gasteiger partial charge < -0.3 is 19.5 Å². The van der Waals surface area contributed by atoms with Crippen LogP contribution in [0.5, 0.6) is 0 Å². The summed E-state index contributed by atoms with van der Waals surface area (Å²) in [6, 6.07) is 13.0. The summed E-state index contributed by atoms with van der Waals surface area (Å²) in [5.41, 5.74) is 8.39. The number of rotatable bonds is 6. The molecule has 1 aromatic heterocycles. The molecule has 0 amide bonds. The Bertz CT molecular complexity index is 1330. The Morgan fingerprint density at radius 3 is 2.33 bits per heavy atom. The van der Waals surface area contributed by atoms with E-state index in [-0.39, 0.29) is 0 Å². The van der Waals surface area contributed by atoms with E-state index in [0.717, 1.165) is 31.7 Å². The second-order valence-electron chi connectivity index (χ2n) is 12.5. The van der Waals surface area contributed by atoms with Gasteiger partial charge in [0.1, 0.15) is 0 Å². The van der Waals surface area contributed by atoms with Gasteiger partial charge in [-0.05, 0) is 79.9 Å². The van der Waals surface area contributed by atoms with Crippen molar-refractivity contribution in [2.24, 2.45) is 0 Å². The van der Waals surface area contributed by atoms with Gasteiger partial charge in [0.25, 0.3) is 0 Å². The Morgan fingerprint density at radius 1 is 0.872 bits per heavy atom. The summed E-state index contributed by atoms with van der Waals surface area (Å²) in [5, 5.41) is 11.1. The van der Waals surface area contributed by atoms with Crippen LogP contribution in [0.3, 0.4) is 0 Å². The molecule has 3 heterocycles. The van der Waals surface area contributed by atoms with Gasteiger partial charge in [0.2, 0.25) is 0 Å². The average molecular weight is 528 g/mol. The van der Waals surface area contributed by atoms with Crippen LogP contribution in [-0.2, 0) is 6.54 Å². The van der Waals surface area contributed by atoms with Crippen molar-refractivity contribution in [1.82, 2.24) is 9.47 Å². The molecule has 2 aliphatic heterocycles. The van der Waals surface area contributed by atoms with Crippen molar-refractivity contribution in [3.05, 3.63) is 53.1 Å². The minimum absolute atomic E-state index is 0.385. The summed E-state index contributed by atoms with van der Waals surface area (Å²) in [6.07, 6.45) is 11.7. The third-order valence-electron chi connectivity index (χ3n) is 9.63. The van der Waals surface area contributed by atoms with Gasteiger partial charge in [-0.1, -0.05) is 64.2 Å². The number of aromatic carboxylic acids is 1. The summed E-state index contributed by atoms with van der Waals surface area (Å²) in [7, 11) is 0. The van der Waals surface area contributed by atoms with Crippen molar-refractivity contribution in [3.8, 4) is 11.3 Å². The van der Waals surface area contributed by atoms with Crippen LogP contribution >= 0.6 is 0 Å². The first-order valence-corrected chi connectivity index (χ1v) is 15.5. The SMILES string of the molecule is CC(C)c1ccc2c(c1)N(CCN1CCCCCC1)CCn1c-2c(C2CCCCC2)c2ccc(C(=O)O)cc21. The van der Waals surface area contributed by atoms with Gasteiger partial charge in [-0.25, -0.2) is 4.79 Å². The fourth-order valence-corrected chi connectivity index (χ4v) is 7.40. The van der Waals surface area contributed by atoms with E-state index in [1.165, 1.54) is 104 Å². The Hall–Kier alpha value is -2.79. The normalized spacial score (nSPS) is 19.1. The number of hydrogen-bond acceptors (Lipinski definition) is 3. The Balaban J connectivity index is 1.48. The lowest BCUT2D eigenvalue weighted by molar-refractivity contribution is 0.0697.